The fraction of sp³-hybridized carbons (Fsp3) is 0.444. The van der Waals surface area contributed by atoms with Crippen LogP contribution in [0.4, 0.5) is 5.69 Å². The van der Waals surface area contributed by atoms with Gasteiger partial charge in [-0.25, -0.2) is 4.98 Å². The van der Waals surface area contributed by atoms with Crippen molar-refractivity contribution in [2.45, 2.75) is 19.9 Å². The van der Waals surface area contributed by atoms with Crippen LogP contribution in [0.5, 0.6) is 0 Å². The largest absolute Gasteiger partial charge is 0.384 e. The van der Waals surface area contributed by atoms with Crippen molar-refractivity contribution < 1.29 is 4.79 Å². The first-order valence-electron chi connectivity index (χ1n) is 8.48. The maximum atomic E-state index is 12.7. The number of amides is 1. The number of nitrogens with zero attached hydrogens (tertiary/aromatic N) is 3. The summed E-state index contributed by atoms with van der Waals surface area (Å²) in [5.74, 6) is 0.161. The first-order valence-corrected chi connectivity index (χ1v) is 9.36. The number of fused-ring (bicyclic) bond motifs is 1. The fourth-order valence-electron chi connectivity index (χ4n) is 3.44. The van der Waals surface area contributed by atoms with Gasteiger partial charge in [-0.2, -0.15) is 0 Å². The number of hydrogen-bond acceptors (Lipinski definition) is 5. The van der Waals surface area contributed by atoms with Gasteiger partial charge < -0.3 is 10.2 Å². The smallest absolute Gasteiger partial charge is 0.253 e. The Bertz CT molecular complexity index is 749. The molecule has 1 amide bonds. The van der Waals surface area contributed by atoms with Crippen molar-refractivity contribution in [3.63, 3.8) is 0 Å². The second-order valence-corrected chi connectivity index (χ2v) is 7.54. The van der Waals surface area contributed by atoms with Crippen LogP contribution in [-0.2, 0) is 13.0 Å². The van der Waals surface area contributed by atoms with Crippen LogP contribution in [0.2, 0.25) is 0 Å². The summed E-state index contributed by atoms with van der Waals surface area (Å²) in [6.45, 7) is 7.30. The summed E-state index contributed by atoms with van der Waals surface area (Å²) < 4.78 is 0. The third-order valence-corrected chi connectivity index (χ3v) is 5.60. The number of aryl methyl sites for hydroxylation is 1. The van der Waals surface area contributed by atoms with Gasteiger partial charge in [0, 0.05) is 55.9 Å². The highest BCUT2D eigenvalue weighted by Crippen LogP contribution is 2.24. The van der Waals surface area contributed by atoms with E-state index in [1.54, 1.807) is 11.3 Å². The van der Waals surface area contributed by atoms with Crippen LogP contribution in [0.25, 0.3) is 0 Å². The molecule has 4 rings (SSSR count). The monoisotopic (exact) mass is 342 g/mol. The summed E-state index contributed by atoms with van der Waals surface area (Å²) in [6, 6.07) is 6.04. The molecular weight excluding hydrogens is 320 g/mol. The van der Waals surface area contributed by atoms with Gasteiger partial charge in [0.25, 0.3) is 5.91 Å². The van der Waals surface area contributed by atoms with Gasteiger partial charge >= 0.3 is 0 Å². The van der Waals surface area contributed by atoms with Crippen molar-refractivity contribution in [3.8, 4) is 0 Å². The third-order valence-electron chi connectivity index (χ3n) is 4.77. The number of carbonyl (C=O) groups excluding carboxylic acids is 1. The highest BCUT2D eigenvalue weighted by atomic mass is 32.1. The molecule has 0 radical (unpaired) electrons. The number of anilines is 1. The summed E-state index contributed by atoms with van der Waals surface area (Å²) >= 11 is 1.70. The summed E-state index contributed by atoms with van der Waals surface area (Å²) in [7, 11) is 0. The number of benzene rings is 1. The standard InChI is InChI=1S/C18H22N4OS/c1-13-20-16(12-24-13)11-21-6-8-22(9-7-21)18(23)15-2-3-17-14(10-15)4-5-19-17/h2-3,10,12,19H,4-9,11H2,1H3. The molecule has 24 heavy (non-hydrogen) atoms. The van der Waals surface area contributed by atoms with E-state index in [1.165, 1.54) is 11.3 Å². The van der Waals surface area contributed by atoms with Crippen LogP contribution in [-0.4, -0.2) is 53.4 Å². The van der Waals surface area contributed by atoms with E-state index in [-0.39, 0.29) is 5.91 Å². The van der Waals surface area contributed by atoms with Crippen molar-refractivity contribution in [2.75, 3.05) is 38.0 Å². The Balaban J connectivity index is 1.36. The maximum absolute atomic E-state index is 12.7. The van der Waals surface area contributed by atoms with Gasteiger partial charge in [-0.05, 0) is 37.1 Å². The molecule has 6 heteroatoms. The van der Waals surface area contributed by atoms with Gasteiger partial charge in [0.05, 0.1) is 10.7 Å². The predicted molar refractivity (Wildman–Crippen MR) is 96.7 cm³/mol. The quantitative estimate of drug-likeness (QED) is 0.930. The zero-order valence-electron chi connectivity index (χ0n) is 13.9. The number of nitrogens with one attached hydrogen (secondary N) is 1. The number of thiazole rings is 1. The molecule has 0 saturated carbocycles. The van der Waals surface area contributed by atoms with Crippen LogP contribution < -0.4 is 5.32 Å². The van der Waals surface area contributed by atoms with Gasteiger partial charge in [0.1, 0.15) is 0 Å². The Kier molecular flexibility index (Phi) is 4.24. The average Bonchev–Trinajstić information content (AvgIpc) is 3.23. The number of carbonyl (C=O) groups is 1. The van der Waals surface area contributed by atoms with Crippen LogP contribution in [0, 0.1) is 6.92 Å². The van der Waals surface area contributed by atoms with E-state index in [4.69, 9.17) is 0 Å². The van der Waals surface area contributed by atoms with E-state index < -0.39 is 0 Å². The Morgan fingerprint density at radius 3 is 2.88 bits per heavy atom. The summed E-state index contributed by atoms with van der Waals surface area (Å²) in [6.07, 6.45) is 1.01. The molecule has 1 aromatic heterocycles. The summed E-state index contributed by atoms with van der Waals surface area (Å²) in [4.78, 5) is 21.6. The van der Waals surface area contributed by atoms with Crippen LogP contribution in [0.3, 0.4) is 0 Å². The molecule has 1 saturated heterocycles. The highest BCUT2D eigenvalue weighted by molar-refractivity contribution is 7.09. The molecule has 1 N–H and O–H groups in total. The molecule has 2 aromatic rings. The van der Waals surface area contributed by atoms with Crippen LogP contribution in [0.15, 0.2) is 23.6 Å². The molecule has 2 aliphatic heterocycles. The van der Waals surface area contributed by atoms with E-state index in [1.807, 2.05) is 24.0 Å². The SMILES string of the molecule is Cc1nc(CN2CCN(C(=O)c3ccc4c(c3)CCN4)CC2)cs1. The number of aromatic nitrogens is 1. The van der Waals surface area contributed by atoms with Crippen molar-refractivity contribution >= 4 is 22.9 Å². The first kappa shape index (κ1) is 15.6. The number of hydrogen-bond donors (Lipinski definition) is 1. The zero-order chi connectivity index (χ0) is 16.5. The van der Waals surface area contributed by atoms with Gasteiger partial charge in [-0.3, -0.25) is 9.69 Å². The van der Waals surface area contributed by atoms with Gasteiger partial charge in [0.15, 0.2) is 0 Å². The minimum atomic E-state index is 0.161. The lowest BCUT2D eigenvalue weighted by molar-refractivity contribution is 0.0627. The average molecular weight is 342 g/mol. The molecule has 3 heterocycles. The lowest BCUT2D eigenvalue weighted by Crippen LogP contribution is -2.48. The Hall–Kier alpha value is -1.92. The van der Waals surface area contributed by atoms with E-state index >= 15 is 0 Å². The number of rotatable bonds is 3. The van der Waals surface area contributed by atoms with E-state index in [2.05, 4.69) is 26.6 Å². The third kappa shape index (κ3) is 3.16. The van der Waals surface area contributed by atoms with Crippen molar-refractivity contribution in [3.05, 3.63) is 45.4 Å². The molecule has 0 aliphatic carbocycles. The minimum absolute atomic E-state index is 0.161. The van der Waals surface area contributed by atoms with Crippen molar-refractivity contribution in [1.29, 1.82) is 0 Å². The lowest BCUT2D eigenvalue weighted by Gasteiger charge is -2.34. The Morgan fingerprint density at radius 2 is 2.12 bits per heavy atom. The molecule has 2 aliphatic rings. The summed E-state index contributed by atoms with van der Waals surface area (Å²) in [5, 5.41) is 6.59. The van der Waals surface area contributed by atoms with E-state index in [0.29, 0.717) is 0 Å². The maximum Gasteiger partial charge on any atom is 0.253 e. The normalized spacial score (nSPS) is 17.6. The molecule has 0 spiro atoms. The number of piperazine rings is 1. The molecule has 1 aromatic carbocycles. The predicted octanol–water partition coefficient (Wildman–Crippen LogP) is 2.38. The zero-order valence-corrected chi connectivity index (χ0v) is 14.7. The molecule has 1 fully saturated rings. The molecule has 126 valence electrons. The molecular formula is C18H22N4OS. The molecule has 5 nitrogen and oxygen atoms in total. The van der Waals surface area contributed by atoms with Crippen molar-refractivity contribution in [2.24, 2.45) is 0 Å². The van der Waals surface area contributed by atoms with E-state index in [9.17, 15) is 4.79 Å². The molecule has 0 bridgehead atoms. The second-order valence-electron chi connectivity index (χ2n) is 6.47. The summed E-state index contributed by atoms with van der Waals surface area (Å²) in [5.41, 5.74) is 4.40. The highest BCUT2D eigenvalue weighted by Gasteiger charge is 2.23. The Morgan fingerprint density at radius 1 is 1.29 bits per heavy atom. The lowest BCUT2D eigenvalue weighted by atomic mass is 10.1. The Labute approximate surface area is 146 Å². The van der Waals surface area contributed by atoms with Gasteiger partial charge in [-0.1, -0.05) is 0 Å². The van der Waals surface area contributed by atoms with Gasteiger partial charge in [-0.15, -0.1) is 11.3 Å². The van der Waals surface area contributed by atoms with Gasteiger partial charge in [0.2, 0.25) is 0 Å². The van der Waals surface area contributed by atoms with Crippen LogP contribution >= 0.6 is 11.3 Å². The molecule has 0 atom stereocenters. The van der Waals surface area contributed by atoms with E-state index in [0.717, 1.165) is 62.0 Å². The second kappa shape index (κ2) is 6.53. The van der Waals surface area contributed by atoms with Crippen LogP contribution in [0.1, 0.15) is 26.6 Å². The fourth-order valence-corrected chi connectivity index (χ4v) is 4.04. The minimum Gasteiger partial charge on any atom is -0.384 e. The molecule has 0 unspecified atom stereocenters. The first-order chi connectivity index (χ1) is 11.7. The topological polar surface area (TPSA) is 48.5 Å². The van der Waals surface area contributed by atoms with Crippen molar-refractivity contribution in [1.82, 2.24) is 14.8 Å².